The number of nitrogens with zero attached hydrogens (tertiary/aromatic N) is 1. The van der Waals surface area contributed by atoms with Crippen molar-refractivity contribution >= 4 is 17.6 Å². The Morgan fingerprint density at radius 3 is 2.36 bits per heavy atom. The number of carboxylic acids is 1. The minimum absolute atomic E-state index is 0.0571. The Morgan fingerprint density at radius 1 is 1.18 bits per heavy atom. The van der Waals surface area contributed by atoms with Crippen molar-refractivity contribution in [1.29, 1.82) is 5.26 Å². The van der Waals surface area contributed by atoms with Gasteiger partial charge in [-0.05, 0) is 36.0 Å². The minimum atomic E-state index is -0.837. The van der Waals surface area contributed by atoms with E-state index in [2.05, 4.69) is 11.4 Å². The standard InChI is InChI=1S/C17H20N2O3/c18-10-7-13-3-5-14(6-4-13)19-15(20)11-17(12-16(21)22)8-1-2-9-17/h3-6H,1-2,7-9,11-12H2,(H,19,20)(H,21,22). The van der Waals surface area contributed by atoms with E-state index in [1.807, 2.05) is 0 Å². The van der Waals surface area contributed by atoms with E-state index in [1.54, 1.807) is 24.3 Å². The van der Waals surface area contributed by atoms with Crippen molar-refractivity contribution < 1.29 is 14.7 Å². The lowest BCUT2D eigenvalue weighted by Crippen LogP contribution is -2.27. The van der Waals surface area contributed by atoms with Gasteiger partial charge in [0.25, 0.3) is 0 Å². The fraction of sp³-hybridized carbons (Fsp3) is 0.471. The molecule has 0 heterocycles. The van der Waals surface area contributed by atoms with E-state index in [0.29, 0.717) is 12.1 Å². The molecule has 22 heavy (non-hydrogen) atoms. The maximum Gasteiger partial charge on any atom is 0.303 e. The third-order valence-electron chi connectivity index (χ3n) is 4.25. The van der Waals surface area contributed by atoms with E-state index in [1.165, 1.54) is 0 Å². The van der Waals surface area contributed by atoms with Crippen LogP contribution in [0.5, 0.6) is 0 Å². The van der Waals surface area contributed by atoms with Crippen LogP contribution in [0.4, 0.5) is 5.69 Å². The van der Waals surface area contributed by atoms with Gasteiger partial charge in [-0.1, -0.05) is 25.0 Å². The number of carbonyl (C=O) groups excluding carboxylic acids is 1. The predicted molar refractivity (Wildman–Crippen MR) is 82.2 cm³/mol. The molecule has 0 atom stereocenters. The molecule has 1 aliphatic rings. The Bertz CT molecular complexity index is 581. The van der Waals surface area contributed by atoms with Gasteiger partial charge >= 0.3 is 5.97 Å². The average molecular weight is 300 g/mol. The quantitative estimate of drug-likeness (QED) is 0.844. The molecule has 0 aliphatic heterocycles. The topological polar surface area (TPSA) is 90.2 Å². The summed E-state index contributed by atoms with van der Waals surface area (Å²) < 4.78 is 0. The first-order chi connectivity index (χ1) is 10.5. The number of hydrogen-bond acceptors (Lipinski definition) is 3. The van der Waals surface area contributed by atoms with Crippen molar-refractivity contribution in [3.05, 3.63) is 29.8 Å². The molecular weight excluding hydrogens is 280 g/mol. The first-order valence-corrected chi connectivity index (χ1v) is 7.51. The third kappa shape index (κ3) is 4.32. The van der Waals surface area contributed by atoms with Gasteiger partial charge in [-0.2, -0.15) is 5.26 Å². The monoisotopic (exact) mass is 300 g/mol. The van der Waals surface area contributed by atoms with E-state index in [4.69, 9.17) is 10.4 Å². The molecule has 5 heteroatoms. The van der Waals surface area contributed by atoms with Crippen LogP contribution < -0.4 is 5.32 Å². The molecule has 0 aromatic heterocycles. The number of carboxylic acid groups (broad SMARTS) is 1. The zero-order valence-electron chi connectivity index (χ0n) is 12.5. The van der Waals surface area contributed by atoms with Gasteiger partial charge < -0.3 is 10.4 Å². The summed E-state index contributed by atoms with van der Waals surface area (Å²) in [6, 6.07) is 9.22. The van der Waals surface area contributed by atoms with Gasteiger partial charge in [0.2, 0.25) is 5.91 Å². The summed E-state index contributed by atoms with van der Waals surface area (Å²) in [6.45, 7) is 0. The van der Waals surface area contributed by atoms with Crippen molar-refractivity contribution in [2.24, 2.45) is 5.41 Å². The highest BCUT2D eigenvalue weighted by Gasteiger charge is 2.37. The molecule has 2 N–H and O–H groups in total. The van der Waals surface area contributed by atoms with Crippen molar-refractivity contribution in [2.45, 2.75) is 44.9 Å². The number of aliphatic carboxylic acids is 1. The second kappa shape index (κ2) is 7.08. The highest BCUT2D eigenvalue weighted by molar-refractivity contribution is 5.91. The summed E-state index contributed by atoms with van der Waals surface area (Å²) in [5.74, 6) is -0.980. The summed E-state index contributed by atoms with van der Waals surface area (Å²) in [7, 11) is 0. The normalized spacial score (nSPS) is 16.0. The molecule has 0 bridgehead atoms. The van der Waals surface area contributed by atoms with Crippen LogP contribution in [0.1, 0.15) is 44.1 Å². The van der Waals surface area contributed by atoms with Crippen molar-refractivity contribution in [2.75, 3.05) is 5.32 Å². The van der Waals surface area contributed by atoms with Gasteiger partial charge in [0, 0.05) is 12.1 Å². The van der Waals surface area contributed by atoms with Crippen molar-refractivity contribution in [3.8, 4) is 6.07 Å². The Hall–Kier alpha value is -2.35. The Morgan fingerprint density at radius 2 is 1.82 bits per heavy atom. The number of nitriles is 1. The molecule has 1 aromatic carbocycles. The van der Waals surface area contributed by atoms with Crippen LogP contribution in [0.2, 0.25) is 0 Å². The summed E-state index contributed by atoms with van der Waals surface area (Å²) >= 11 is 0. The van der Waals surface area contributed by atoms with Gasteiger partial charge in [-0.25, -0.2) is 0 Å². The van der Waals surface area contributed by atoms with Crippen LogP contribution in [-0.2, 0) is 16.0 Å². The molecule has 1 aliphatic carbocycles. The van der Waals surface area contributed by atoms with Crippen LogP contribution in [0, 0.1) is 16.7 Å². The summed E-state index contributed by atoms with van der Waals surface area (Å²) in [6.07, 6.45) is 4.23. The molecule has 5 nitrogen and oxygen atoms in total. The summed E-state index contributed by atoms with van der Waals surface area (Å²) in [4.78, 5) is 23.3. The number of nitrogens with one attached hydrogen (secondary N) is 1. The largest absolute Gasteiger partial charge is 0.481 e. The Balaban J connectivity index is 1.96. The first-order valence-electron chi connectivity index (χ1n) is 7.51. The van der Waals surface area contributed by atoms with Crippen LogP contribution in [0.3, 0.4) is 0 Å². The van der Waals surface area contributed by atoms with Crippen LogP contribution in [-0.4, -0.2) is 17.0 Å². The zero-order chi connectivity index (χ0) is 16.0. The van der Waals surface area contributed by atoms with E-state index in [9.17, 15) is 9.59 Å². The number of hydrogen-bond donors (Lipinski definition) is 2. The number of amides is 1. The molecule has 0 saturated heterocycles. The third-order valence-corrected chi connectivity index (χ3v) is 4.25. The highest BCUT2D eigenvalue weighted by atomic mass is 16.4. The second-order valence-corrected chi connectivity index (χ2v) is 6.03. The number of anilines is 1. The molecule has 1 fully saturated rings. The van der Waals surface area contributed by atoms with Gasteiger partial charge in [-0.15, -0.1) is 0 Å². The average Bonchev–Trinajstić information content (AvgIpc) is 2.88. The van der Waals surface area contributed by atoms with Gasteiger partial charge in [-0.3, -0.25) is 9.59 Å². The second-order valence-electron chi connectivity index (χ2n) is 6.03. The number of benzene rings is 1. The maximum absolute atomic E-state index is 12.2. The van der Waals surface area contributed by atoms with Gasteiger partial charge in [0.1, 0.15) is 0 Å². The molecule has 0 spiro atoms. The van der Waals surface area contributed by atoms with Crippen molar-refractivity contribution in [3.63, 3.8) is 0 Å². The highest BCUT2D eigenvalue weighted by Crippen LogP contribution is 2.44. The molecule has 1 amide bonds. The lowest BCUT2D eigenvalue weighted by atomic mass is 9.79. The van der Waals surface area contributed by atoms with Crippen LogP contribution >= 0.6 is 0 Å². The summed E-state index contributed by atoms with van der Waals surface area (Å²) in [5, 5.41) is 20.5. The molecule has 1 aromatic rings. The smallest absolute Gasteiger partial charge is 0.303 e. The fourth-order valence-electron chi connectivity index (χ4n) is 3.20. The summed E-state index contributed by atoms with van der Waals surface area (Å²) in [5.41, 5.74) is 1.19. The predicted octanol–water partition coefficient (Wildman–Crippen LogP) is 3.12. The fourth-order valence-corrected chi connectivity index (χ4v) is 3.20. The van der Waals surface area contributed by atoms with Crippen LogP contribution in [0.15, 0.2) is 24.3 Å². The van der Waals surface area contributed by atoms with Gasteiger partial charge in [0.05, 0.1) is 18.9 Å². The molecule has 116 valence electrons. The maximum atomic E-state index is 12.2. The molecular formula is C17H20N2O3. The van der Waals surface area contributed by atoms with E-state index >= 15 is 0 Å². The zero-order valence-corrected chi connectivity index (χ0v) is 12.5. The Kier molecular flexibility index (Phi) is 5.16. The van der Waals surface area contributed by atoms with Gasteiger partial charge in [0.15, 0.2) is 0 Å². The van der Waals surface area contributed by atoms with Crippen LogP contribution in [0.25, 0.3) is 0 Å². The molecule has 0 unspecified atom stereocenters. The van der Waals surface area contributed by atoms with E-state index in [-0.39, 0.29) is 18.7 Å². The number of rotatable bonds is 6. The lowest BCUT2D eigenvalue weighted by Gasteiger charge is -2.26. The minimum Gasteiger partial charge on any atom is -0.481 e. The molecule has 2 rings (SSSR count). The van der Waals surface area contributed by atoms with Crippen molar-refractivity contribution in [1.82, 2.24) is 0 Å². The molecule has 0 radical (unpaired) electrons. The Labute approximate surface area is 129 Å². The van der Waals surface area contributed by atoms with E-state index in [0.717, 1.165) is 31.2 Å². The number of carbonyl (C=O) groups is 2. The van der Waals surface area contributed by atoms with E-state index < -0.39 is 11.4 Å². The SMILES string of the molecule is N#CCc1ccc(NC(=O)CC2(CC(=O)O)CCCC2)cc1. The lowest BCUT2D eigenvalue weighted by molar-refractivity contribution is -0.140. The molecule has 1 saturated carbocycles. The first kappa shape index (κ1) is 16.0.